The van der Waals surface area contributed by atoms with Crippen LogP contribution in [-0.4, -0.2) is 30.6 Å². The summed E-state index contributed by atoms with van der Waals surface area (Å²) < 4.78 is 4.36. The second-order valence-electron chi connectivity index (χ2n) is 4.03. The lowest BCUT2D eigenvalue weighted by atomic mass is 10.2. The number of ether oxygens (including phenoxy) is 1. The molecule has 6 nitrogen and oxygen atoms in total. The summed E-state index contributed by atoms with van der Waals surface area (Å²) in [5.74, 6) is -1.21. The van der Waals surface area contributed by atoms with Crippen LogP contribution in [0.2, 0.25) is 0 Å². The van der Waals surface area contributed by atoms with Gasteiger partial charge in [-0.25, -0.2) is 0 Å². The van der Waals surface area contributed by atoms with Gasteiger partial charge in [0.2, 0.25) is 0 Å². The number of unbranched alkanes of at least 4 members (excludes halogenated alkanes) is 1. The number of anilines is 1. The first-order valence-corrected chi connectivity index (χ1v) is 6.39. The van der Waals surface area contributed by atoms with E-state index in [1.807, 2.05) is 0 Å². The maximum Gasteiger partial charge on any atom is 0.325 e. The second kappa shape index (κ2) is 9.66. The summed E-state index contributed by atoms with van der Waals surface area (Å²) in [6, 6.07) is 4.08. The molecule has 0 atom stereocenters. The Kier molecular flexibility index (Phi) is 8.58. The van der Waals surface area contributed by atoms with Crippen molar-refractivity contribution < 1.29 is 19.4 Å². The zero-order valence-corrected chi connectivity index (χ0v) is 12.1. The number of nitrogen functional groups attached to an aromatic ring is 1. The molecule has 1 aromatic carbocycles. The zero-order valence-electron chi connectivity index (χ0n) is 12.1. The van der Waals surface area contributed by atoms with E-state index in [0.29, 0.717) is 0 Å². The van der Waals surface area contributed by atoms with E-state index in [1.165, 1.54) is 38.2 Å². The van der Waals surface area contributed by atoms with E-state index in [1.54, 1.807) is 0 Å². The smallest absolute Gasteiger partial charge is 0.325 e. The number of hydrogen-bond acceptors (Lipinski definition) is 5. The van der Waals surface area contributed by atoms with E-state index >= 15 is 0 Å². The molecule has 0 aliphatic carbocycles. The van der Waals surface area contributed by atoms with Crippen molar-refractivity contribution >= 4 is 17.6 Å². The highest BCUT2D eigenvalue weighted by Crippen LogP contribution is 2.20. The van der Waals surface area contributed by atoms with E-state index < -0.39 is 11.9 Å². The predicted molar refractivity (Wildman–Crippen MR) is 77.5 cm³/mol. The Morgan fingerprint density at radius 2 is 1.90 bits per heavy atom. The maximum atomic E-state index is 11.5. The highest BCUT2D eigenvalue weighted by molar-refractivity contribution is 5.96. The number of carbonyl (C=O) groups is 2. The van der Waals surface area contributed by atoms with Gasteiger partial charge in [-0.05, 0) is 18.2 Å². The molecule has 0 aliphatic heterocycles. The number of benzene rings is 1. The Hall–Kier alpha value is -2.24. The summed E-state index contributed by atoms with van der Waals surface area (Å²) in [5.41, 5.74) is 5.78. The van der Waals surface area contributed by atoms with Crippen LogP contribution in [0.4, 0.5) is 5.69 Å². The number of carbonyl (C=O) groups excluding carboxylic acids is 2. The number of nitrogens with two attached hydrogens (primary N) is 1. The van der Waals surface area contributed by atoms with Crippen LogP contribution >= 0.6 is 0 Å². The molecular formula is C14H22N2O4. The van der Waals surface area contributed by atoms with Crippen molar-refractivity contribution in [1.29, 1.82) is 0 Å². The molecule has 0 bridgehead atoms. The Bertz CT molecular complexity index is 445. The number of rotatable bonds is 4. The summed E-state index contributed by atoms with van der Waals surface area (Å²) in [6.07, 6.45) is 2.64. The van der Waals surface area contributed by atoms with Crippen molar-refractivity contribution in [1.82, 2.24) is 5.32 Å². The average Bonchev–Trinajstić information content (AvgIpc) is 2.47. The van der Waals surface area contributed by atoms with E-state index in [9.17, 15) is 14.7 Å². The van der Waals surface area contributed by atoms with Crippen LogP contribution in [-0.2, 0) is 9.53 Å². The number of amides is 1. The summed E-state index contributed by atoms with van der Waals surface area (Å²) in [4.78, 5) is 22.2. The van der Waals surface area contributed by atoms with Crippen LogP contribution in [0.15, 0.2) is 18.2 Å². The molecule has 20 heavy (non-hydrogen) atoms. The molecule has 1 amide bonds. The maximum absolute atomic E-state index is 11.5. The first-order valence-electron chi connectivity index (χ1n) is 6.39. The van der Waals surface area contributed by atoms with Gasteiger partial charge in [0.1, 0.15) is 12.3 Å². The minimum atomic E-state index is -0.548. The van der Waals surface area contributed by atoms with Gasteiger partial charge in [0.05, 0.1) is 12.8 Å². The number of methoxy groups -OCH3 is 1. The molecule has 0 radical (unpaired) electrons. The molecule has 0 fully saturated rings. The lowest BCUT2D eigenvalue weighted by molar-refractivity contribution is -0.139. The van der Waals surface area contributed by atoms with Crippen molar-refractivity contribution in [2.45, 2.75) is 26.7 Å². The van der Waals surface area contributed by atoms with E-state index in [4.69, 9.17) is 5.73 Å². The molecule has 1 aromatic rings. The summed E-state index contributed by atoms with van der Waals surface area (Å²) in [5, 5.41) is 11.6. The minimum Gasteiger partial charge on any atom is -0.506 e. The number of nitrogens with one attached hydrogen (secondary N) is 1. The van der Waals surface area contributed by atoms with E-state index in [2.05, 4.69) is 23.9 Å². The average molecular weight is 282 g/mol. The number of hydrogen-bond donors (Lipinski definition) is 3. The third kappa shape index (κ3) is 6.63. The van der Waals surface area contributed by atoms with Crippen LogP contribution < -0.4 is 11.1 Å². The molecule has 1 rings (SSSR count). The van der Waals surface area contributed by atoms with Gasteiger partial charge in [-0.15, -0.1) is 0 Å². The minimum absolute atomic E-state index is 0.175. The topological polar surface area (TPSA) is 102 Å². The standard InChI is InChI=1S/C10H12N2O4.C4H10/c1-16-9(14)5-12-10(15)6-2-3-7(11)8(13)4-6;1-3-4-2/h2-4,13H,5,11H2,1H3,(H,12,15);3-4H2,1-2H3. The SMILES string of the molecule is CCCC.COC(=O)CNC(=O)c1ccc(N)c(O)c1. The van der Waals surface area contributed by atoms with Crippen LogP contribution in [0.5, 0.6) is 5.75 Å². The zero-order chi connectivity index (χ0) is 15.5. The fraction of sp³-hybridized carbons (Fsp3) is 0.429. The first-order chi connectivity index (χ1) is 9.46. The fourth-order valence-electron chi connectivity index (χ4n) is 1.01. The van der Waals surface area contributed by atoms with Crippen molar-refractivity contribution in [2.24, 2.45) is 0 Å². The molecule has 0 aliphatic rings. The van der Waals surface area contributed by atoms with Gasteiger partial charge >= 0.3 is 5.97 Å². The molecule has 112 valence electrons. The lowest BCUT2D eigenvalue weighted by Gasteiger charge is -2.05. The molecule has 4 N–H and O–H groups in total. The Labute approximate surface area is 118 Å². The summed E-state index contributed by atoms with van der Waals surface area (Å²) in [7, 11) is 1.23. The first kappa shape index (κ1) is 17.8. The quantitative estimate of drug-likeness (QED) is 0.443. The predicted octanol–water partition coefficient (Wildman–Crippen LogP) is 1.68. The van der Waals surface area contributed by atoms with Crippen molar-refractivity contribution in [3.8, 4) is 5.75 Å². The third-order valence-electron chi connectivity index (χ3n) is 2.41. The van der Waals surface area contributed by atoms with Crippen molar-refractivity contribution in [3.05, 3.63) is 23.8 Å². The second-order valence-corrected chi connectivity index (χ2v) is 4.03. The Balaban J connectivity index is 0.000000796. The van der Waals surface area contributed by atoms with Gasteiger partial charge < -0.3 is 20.9 Å². The molecule has 0 aromatic heterocycles. The molecule has 0 unspecified atom stereocenters. The monoisotopic (exact) mass is 282 g/mol. The fourth-order valence-corrected chi connectivity index (χ4v) is 1.01. The van der Waals surface area contributed by atoms with Gasteiger partial charge in [-0.1, -0.05) is 26.7 Å². The molecule has 0 saturated heterocycles. The van der Waals surface area contributed by atoms with Gasteiger partial charge in [-0.3, -0.25) is 9.59 Å². The number of phenols is 1. The van der Waals surface area contributed by atoms with Gasteiger partial charge in [0.25, 0.3) is 5.91 Å². The van der Waals surface area contributed by atoms with Crippen LogP contribution in [0.25, 0.3) is 0 Å². The van der Waals surface area contributed by atoms with Gasteiger partial charge in [-0.2, -0.15) is 0 Å². The van der Waals surface area contributed by atoms with Crippen molar-refractivity contribution in [3.63, 3.8) is 0 Å². The highest BCUT2D eigenvalue weighted by Gasteiger charge is 2.09. The lowest BCUT2D eigenvalue weighted by Crippen LogP contribution is -2.30. The van der Waals surface area contributed by atoms with Crippen LogP contribution in [0, 0.1) is 0 Å². The van der Waals surface area contributed by atoms with Gasteiger partial charge in [0, 0.05) is 5.56 Å². The Morgan fingerprint density at radius 3 is 2.35 bits per heavy atom. The Morgan fingerprint density at radius 1 is 1.30 bits per heavy atom. The number of aromatic hydroxyl groups is 1. The normalized spacial score (nSPS) is 9.15. The van der Waals surface area contributed by atoms with E-state index in [0.717, 1.165) is 0 Å². The highest BCUT2D eigenvalue weighted by atomic mass is 16.5. The molecule has 0 heterocycles. The molecular weight excluding hydrogens is 260 g/mol. The largest absolute Gasteiger partial charge is 0.506 e. The summed E-state index contributed by atoms with van der Waals surface area (Å²) >= 11 is 0. The van der Waals surface area contributed by atoms with Crippen LogP contribution in [0.1, 0.15) is 37.0 Å². The van der Waals surface area contributed by atoms with Gasteiger partial charge in [0.15, 0.2) is 0 Å². The van der Waals surface area contributed by atoms with Crippen LogP contribution in [0.3, 0.4) is 0 Å². The van der Waals surface area contributed by atoms with Crippen molar-refractivity contribution in [2.75, 3.05) is 19.4 Å². The molecule has 0 saturated carbocycles. The third-order valence-corrected chi connectivity index (χ3v) is 2.41. The summed E-state index contributed by atoms with van der Waals surface area (Å²) in [6.45, 7) is 4.14. The number of phenolic OH excluding ortho intramolecular Hbond substituents is 1. The molecule has 0 spiro atoms. The van der Waals surface area contributed by atoms with E-state index in [-0.39, 0.29) is 23.5 Å². The number of esters is 1. The molecule has 6 heteroatoms.